The fourth-order valence-corrected chi connectivity index (χ4v) is 1.03. The van der Waals surface area contributed by atoms with Crippen LogP contribution in [-0.2, 0) is 19.1 Å². The van der Waals surface area contributed by atoms with E-state index >= 15 is 0 Å². The van der Waals surface area contributed by atoms with Gasteiger partial charge in [-0.2, -0.15) is 0 Å². The molecule has 0 fully saturated rings. The molecule has 0 aliphatic rings. The second-order valence-electron chi connectivity index (χ2n) is 5.86. The van der Waals surface area contributed by atoms with Crippen LogP contribution in [0, 0.1) is 5.92 Å². The average Bonchev–Trinajstić information content (AvgIpc) is 1.96. The summed E-state index contributed by atoms with van der Waals surface area (Å²) in [6, 6.07) is 0. The van der Waals surface area contributed by atoms with Crippen molar-refractivity contribution in [2.75, 3.05) is 0 Å². The molecular formula is C12H21BO4. The molecule has 0 saturated carbocycles. The van der Waals surface area contributed by atoms with Crippen LogP contribution in [0.1, 0.15) is 41.5 Å². The van der Waals surface area contributed by atoms with Gasteiger partial charge in [-0.1, -0.05) is 6.32 Å². The SMILES string of the molecule is [B]CC(C(=O)OC(C)(C)C)C(=O)OC(C)(C)C. The van der Waals surface area contributed by atoms with E-state index in [4.69, 9.17) is 17.3 Å². The van der Waals surface area contributed by atoms with Crippen molar-refractivity contribution in [1.82, 2.24) is 0 Å². The smallest absolute Gasteiger partial charge is 0.320 e. The number of carbonyl (C=O) groups excluding carboxylic acids is 2. The summed E-state index contributed by atoms with van der Waals surface area (Å²) in [5.74, 6) is -2.35. The second kappa shape index (κ2) is 5.56. The van der Waals surface area contributed by atoms with E-state index in [9.17, 15) is 9.59 Å². The van der Waals surface area contributed by atoms with Crippen LogP contribution in [0.5, 0.6) is 0 Å². The Kier molecular flexibility index (Phi) is 5.24. The number of carbonyl (C=O) groups is 2. The zero-order valence-electron chi connectivity index (χ0n) is 11.5. The first-order valence-electron chi connectivity index (χ1n) is 5.62. The molecule has 0 atom stereocenters. The van der Waals surface area contributed by atoms with Gasteiger partial charge in [0.05, 0.1) is 7.85 Å². The zero-order valence-corrected chi connectivity index (χ0v) is 11.5. The second-order valence-corrected chi connectivity index (χ2v) is 5.86. The van der Waals surface area contributed by atoms with E-state index in [1.54, 1.807) is 41.5 Å². The van der Waals surface area contributed by atoms with Gasteiger partial charge in [-0.25, -0.2) is 0 Å². The van der Waals surface area contributed by atoms with Crippen LogP contribution in [0.15, 0.2) is 0 Å². The van der Waals surface area contributed by atoms with E-state index in [1.807, 2.05) is 0 Å². The average molecular weight is 240 g/mol. The number of hydrogen-bond donors (Lipinski definition) is 0. The first-order chi connectivity index (χ1) is 7.46. The van der Waals surface area contributed by atoms with E-state index < -0.39 is 29.1 Å². The summed E-state index contributed by atoms with van der Waals surface area (Å²) in [4.78, 5) is 23.4. The Morgan fingerprint density at radius 3 is 1.41 bits per heavy atom. The Balaban J connectivity index is 4.62. The fourth-order valence-electron chi connectivity index (χ4n) is 1.03. The summed E-state index contributed by atoms with van der Waals surface area (Å²) in [5, 5.41) is 0. The predicted molar refractivity (Wildman–Crippen MR) is 65.7 cm³/mol. The van der Waals surface area contributed by atoms with Gasteiger partial charge in [0.15, 0.2) is 0 Å². The van der Waals surface area contributed by atoms with Crippen LogP contribution in [0.3, 0.4) is 0 Å². The van der Waals surface area contributed by atoms with Crippen molar-refractivity contribution in [1.29, 1.82) is 0 Å². The van der Waals surface area contributed by atoms with Crippen molar-refractivity contribution >= 4 is 19.8 Å². The van der Waals surface area contributed by atoms with Gasteiger partial charge in [0.1, 0.15) is 17.1 Å². The fraction of sp³-hybridized carbons (Fsp3) is 0.833. The summed E-state index contributed by atoms with van der Waals surface area (Å²) in [5.41, 5.74) is -1.29. The molecule has 0 aliphatic carbocycles. The summed E-state index contributed by atoms with van der Waals surface area (Å²) >= 11 is 0. The quantitative estimate of drug-likeness (QED) is 0.429. The number of rotatable bonds is 3. The molecule has 17 heavy (non-hydrogen) atoms. The van der Waals surface area contributed by atoms with Gasteiger partial charge in [0.2, 0.25) is 0 Å². The highest BCUT2D eigenvalue weighted by atomic mass is 16.6. The van der Waals surface area contributed by atoms with Crippen LogP contribution in [0.2, 0.25) is 6.32 Å². The number of esters is 2. The molecule has 4 nitrogen and oxygen atoms in total. The Bertz CT molecular complexity index is 258. The molecule has 0 spiro atoms. The lowest BCUT2D eigenvalue weighted by Gasteiger charge is -2.25. The molecule has 0 bridgehead atoms. The van der Waals surface area contributed by atoms with Crippen LogP contribution >= 0.6 is 0 Å². The Labute approximate surface area is 104 Å². The Morgan fingerprint density at radius 2 is 1.24 bits per heavy atom. The molecule has 0 amide bonds. The standard InChI is InChI=1S/C12H21BO4/c1-11(2,3)16-9(14)8(7-13)10(15)17-12(4,5)6/h8H,7H2,1-6H3. The highest BCUT2D eigenvalue weighted by Crippen LogP contribution is 2.17. The molecule has 0 saturated heterocycles. The lowest BCUT2D eigenvalue weighted by atomic mass is 9.91. The molecule has 0 aromatic heterocycles. The van der Waals surface area contributed by atoms with Gasteiger partial charge in [-0.3, -0.25) is 9.59 Å². The van der Waals surface area contributed by atoms with Gasteiger partial charge < -0.3 is 9.47 Å². The first kappa shape index (κ1) is 16.0. The molecule has 96 valence electrons. The van der Waals surface area contributed by atoms with Crippen molar-refractivity contribution in [3.05, 3.63) is 0 Å². The Hall–Kier alpha value is -0.995. The topological polar surface area (TPSA) is 52.6 Å². The molecule has 0 aromatic rings. The van der Waals surface area contributed by atoms with E-state index in [0.717, 1.165) is 0 Å². The van der Waals surface area contributed by atoms with Crippen LogP contribution in [0.4, 0.5) is 0 Å². The maximum Gasteiger partial charge on any atom is 0.320 e. The monoisotopic (exact) mass is 240 g/mol. The maximum absolute atomic E-state index is 11.7. The lowest BCUT2D eigenvalue weighted by Crippen LogP contribution is -2.36. The summed E-state index contributed by atoms with van der Waals surface area (Å²) < 4.78 is 10.2. The molecule has 0 aromatic carbocycles. The number of ether oxygens (including phenoxy) is 2. The molecule has 0 rings (SSSR count). The molecule has 0 aliphatic heterocycles. The van der Waals surface area contributed by atoms with Crippen LogP contribution in [0.25, 0.3) is 0 Å². The third-order valence-corrected chi connectivity index (χ3v) is 1.62. The van der Waals surface area contributed by atoms with E-state index in [2.05, 4.69) is 0 Å². The van der Waals surface area contributed by atoms with Gasteiger partial charge in [0.25, 0.3) is 0 Å². The highest BCUT2D eigenvalue weighted by molar-refractivity contribution is 6.13. The first-order valence-corrected chi connectivity index (χ1v) is 5.62. The predicted octanol–water partition coefficient (Wildman–Crippen LogP) is 1.87. The largest absolute Gasteiger partial charge is 0.459 e. The van der Waals surface area contributed by atoms with Gasteiger partial charge in [-0.05, 0) is 41.5 Å². The van der Waals surface area contributed by atoms with E-state index in [-0.39, 0.29) is 6.32 Å². The van der Waals surface area contributed by atoms with Crippen molar-refractivity contribution in [3.63, 3.8) is 0 Å². The maximum atomic E-state index is 11.7. The normalized spacial score (nSPS) is 12.4. The van der Waals surface area contributed by atoms with Gasteiger partial charge in [0, 0.05) is 0 Å². The molecular weight excluding hydrogens is 219 g/mol. The van der Waals surface area contributed by atoms with Crippen molar-refractivity contribution in [2.45, 2.75) is 59.1 Å². The molecule has 0 heterocycles. The van der Waals surface area contributed by atoms with Gasteiger partial charge in [-0.15, -0.1) is 0 Å². The summed E-state index contributed by atoms with van der Waals surface area (Å²) in [7, 11) is 5.41. The summed E-state index contributed by atoms with van der Waals surface area (Å²) in [6.45, 7) is 10.4. The minimum absolute atomic E-state index is 0.121. The highest BCUT2D eigenvalue weighted by Gasteiger charge is 2.32. The molecule has 2 radical (unpaired) electrons. The van der Waals surface area contributed by atoms with Crippen LogP contribution < -0.4 is 0 Å². The Morgan fingerprint density at radius 1 is 0.941 bits per heavy atom. The van der Waals surface area contributed by atoms with Crippen molar-refractivity contribution in [2.24, 2.45) is 5.92 Å². The third-order valence-electron chi connectivity index (χ3n) is 1.62. The minimum Gasteiger partial charge on any atom is -0.459 e. The van der Waals surface area contributed by atoms with E-state index in [1.165, 1.54) is 0 Å². The van der Waals surface area contributed by atoms with E-state index in [0.29, 0.717) is 0 Å². The van der Waals surface area contributed by atoms with Crippen molar-refractivity contribution < 1.29 is 19.1 Å². The molecule has 5 heteroatoms. The number of hydrogen-bond acceptors (Lipinski definition) is 4. The molecule has 0 N–H and O–H groups in total. The lowest BCUT2D eigenvalue weighted by molar-refractivity contribution is -0.173. The molecule has 0 unspecified atom stereocenters. The minimum atomic E-state index is -1.06. The van der Waals surface area contributed by atoms with Crippen molar-refractivity contribution in [3.8, 4) is 0 Å². The third kappa shape index (κ3) is 7.03. The summed E-state index contributed by atoms with van der Waals surface area (Å²) in [6.07, 6.45) is -0.121. The van der Waals surface area contributed by atoms with Crippen LogP contribution in [-0.4, -0.2) is 31.0 Å². The zero-order chi connectivity index (χ0) is 13.9. The van der Waals surface area contributed by atoms with Gasteiger partial charge >= 0.3 is 11.9 Å².